The Morgan fingerprint density at radius 3 is 2.58 bits per heavy atom. The smallest absolute Gasteiger partial charge is 0.366 e. The number of nitrogens with zero attached hydrogens (tertiary/aromatic N) is 2. The molecule has 1 unspecified atom stereocenters. The molecule has 2 N–H and O–H groups in total. The van der Waals surface area contributed by atoms with Crippen molar-refractivity contribution in [3.05, 3.63) is 38.9 Å². The minimum Gasteiger partial charge on any atom is -0.366 e. The van der Waals surface area contributed by atoms with Gasteiger partial charge in [0.15, 0.2) is 0 Å². The van der Waals surface area contributed by atoms with Crippen LogP contribution in [0.2, 0.25) is 0 Å². The van der Waals surface area contributed by atoms with E-state index in [0.29, 0.717) is 24.7 Å². The second kappa shape index (κ2) is 6.76. The molecule has 9 heteroatoms. The van der Waals surface area contributed by atoms with Crippen LogP contribution in [0.4, 0.5) is 18.9 Å². The standard InChI is InChI=1S/C15H18F3N3O3/c1-9-3-2-5-20(9)6-4-11-12(14(19)22)7-10(15(16,17)18)8-13(11)21(23)24/h7-9H,2-6H2,1H3,(H2,19,22). The van der Waals surface area contributed by atoms with Gasteiger partial charge in [-0.3, -0.25) is 14.9 Å². The third-order valence-electron chi connectivity index (χ3n) is 4.36. The highest BCUT2D eigenvalue weighted by molar-refractivity contribution is 5.95. The molecule has 0 spiro atoms. The van der Waals surface area contributed by atoms with Gasteiger partial charge in [-0.05, 0) is 38.8 Å². The van der Waals surface area contributed by atoms with Crippen molar-refractivity contribution in [1.29, 1.82) is 0 Å². The van der Waals surface area contributed by atoms with Crippen molar-refractivity contribution in [3.63, 3.8) is 0 Å². The molecule has 1 fully saturated rings. The molecule has 1 aliphatic rings. The Morgan fingerprint density at radius 2 is 2.12 bits per heavy atom. The number of rotatable bonds is 5. The molecule has 0 bridgehead atoms. The van der Waals surface area contributed by atoms with Crippen LogP contribution < -0.4 is 5.73 Å². The Bertz CT molecular complexity index is 626. The summed E-state index contributed by atoms with van der Waals surface area (Å²) in [7, 11) is 0. The van der Waals surface area contributed by atoms with Gasteiger partial charge in [0.2, 0.25) is 5.91 Å². The molecule has 2 rings (SSSR count). The van der Waals surface area contributed by atoms with E-state index in [1.54, 1.807) is 0 Å². The molecule has 1 heterocycles. The molecule has 132 valence electrons. The summed E-state index contributed by atoms with van der Waals surface area (Å²) < 4.78 is 38.7. The van der Waals surface area contributed by atoms with E-state index in [0.717, 1.165) is 19.4 Å². The molecule has 0 aromatic heterocycles. The predicted octanol–water partition coefficient (Wildman–Crippen LogP) is 2.74. The first-order valence-electron chi connectivity index (χ1n) is 7.53. The number of nitrogens with two attached hydrogens (primary N) is 1. The van der Waals surface area contributed by atoms with E-state index < -0.39 is 33.8 Å². The quantitative estimate of drug-likeness (QED) is 0.656. The van der Waals surface area contributed by atoms with E-state index >= 15 is 0 Å². The average molecular weight is 345 g/mol. The van der Waals surface area contributed by atoms with Gasteiger partial charge in [0.25, 0.3) is 5.69 Å². The van der Waals surface area contributed by atoms with E-state index in [-0.39, 0.29) is 12.0 Å². The first kappa shape index (κ1) is 18.2. The zero-order valence-electron chi connectivity index (χ0n) is 13.1. The van der Waals surface area contributed by atoms with Gasteiger partial charge in [-0.2, -0.15) is 13.2 Å². The zero-order chi connectivity index (χ0) is 18.1. The first-order chi connectivity index (χ1) is 11.1. The number of halogens is 3. The Morgan fingerprint density at radius 1 is 1.46 bits per heavy atom. The number of amides is 1. The number of benzene rings is 1. The second-order valence-electron chi connectivity index (χ2n) is 5.92. The highest BCUT2D eigenvalue weighted by Gasteiger charge is 2.35. The van der Waals surface area contributed by atoms with Crippen LogP contribution in [0.25, 0.3) is 0 Å². The van der Waals surface area contributed by atoms with E-state index in [1.807, 2.05) is 6.92 Å². The summed E-state index contributed by atoms with van der Waals surface area (Å²) in [5.41, 5.74) is 2.72. The second-order valence-corrected chi connectivity index (χ2v) is 5.92. The van der Waals surface area contributed by atoms with Crippen LogP contribution in [0.15, 0.2) is 12.1 Å². The molecule has 0 radical (unpaired) electrons. The van der Waals surface area contributed by atoms with Crippen molar-refractivity contribution in [2.24, 2.45) is 5.73 Å². The summed E-state index contributed by atoms with van der Waals surface area (Å²) >= 11 is 0. The Kier molecular flexibility index (Phi) is 5.12. The lowest BCUT2D eigenvalue weighted by Gasteiger charge is -2.21. The summed E-state index contributed by atoms with van der Waals surface area (Å²) in [4.78, 5) is 24.0. The molecule has 1 atom stereocenters. The maximum Gasteiger partial charge on any atom is 0.416 e. The maximum absolute atomic E-state index is 12.9. The van der Waals surface area contributed by atoms with E-state index in [1.165, 1.54) is 0 Å². The lowest BCUT2D eigenvalue weighted by Crippen LogP contribution is -2.30. The highest BCUT2D eigenvalue weighted by atomic mass is 19.4. The monoisotopic (exact) mass is 345 g/mol. The van der Waals surface area contributed by atoms with Gasteiger partial charge >= 0.3 is 6.18 Å². The van der Waals surface area contributed by atoms with Crippen molar-refractivity contribution in [3.8, 4) is 0 Å². The SMILES string of the molecule is CC1CCCN1CCc1c(C(N)=O)cc(C(F)(F)F)cc1[N+](=O)[O-]. The van der Waals surface area contributed by atoms with Crippen LogP contribution in [-0.2, 0) is 12.6 Å². The zero-order valence-corrected chi connectivity index (χ0v) is 13.1. The van der Waals surface area contributed by atoms with Crippen molar-refractivity contribution in [1.82, 2.24) is 4.90 Å². The van der Waals surface area contributed by atoms with Gasteiger partial charge in [-0.1, -0.05) is 0 Å². The van der Waals surface area contributed by atoms with Gasteiger partial charge in [0.1, 0.15) is 0 Å². The van der Waals surface area contributed by atoms with Gasteiger partial charge in [0, 0.05) is 29.8 Å². The lowest BCUT2D eigenvalue weighted by atomic mass is 9.98. The average Bonchev–Trinajstić information content (AvgIpc) is 2.88. The largest absolute Gasteiger partial charge is 0.416 e. The number of likely N-dealkylation sites (tertiary alicyclic amines) is 1. The fourth-order valence-electron chi connectivity index (χ4n) is 3.05. The van der Waals surface area contributed by atoms with E-state index in [4.69, 9.17) is 5.73 Å². The Balaban J connectivity index is 2.43. The van der Waals surface area contributed by atoms with Gasteiger partial charge < -0.3 is 10.6 Å². The molecular formula is C15H18F3N3O3. The van der Waals surface area contributed by atoms with Crippen molar-refractivity contribution in [2.75, 3.05) is 13.1 Å². The van der Waals surface area contributed by atoms with Gasteiger partial charge in [0.05, 0.1) is 10.5 Å². The minimum atomic E-state index is -4.79. The number of carbonyl (C=O) groups excluding carboxylic acids is 1. The molecular weight excluding hydrogens is 327 g/mol. The number of nitro benzene ring substituents is 1. The van der Waals surface area contributed by atoms with Crippen LogP contribution in [0.3, 0.4) is 0 Å². The number of alkyl halides is 3. The van der Waals surface area contributed by atoms with Crippen molar-refractivity contribution >= 4 is 11.6 Å². The maximum atomic E-state index is 12.9. The molecule has 1 amide bonds. The molecule has 1 aromatic rings. The Labute approximate surface area is 136 Å². The first-order valence-corrected chi connectivity index (χ1v) is 7.53. The van der Waals surface area contributed by atoms with E-state index in [2.05, 4.69) is 4.90 Å². The fraction of sp³-hybridized carbons (Fsp3) is 0.533. The lowest BCUT2D eigenvalue weighted by molar-refractivity contribution is -0.385. The molecule has 1 aliphatic heterocycles. The summed E-state index contributed by atoms with van der Waals surface area (Å²) in [5, 5.41) is 11.2. The van der Waals surface area contributed by atoms with Crippen molar-refractivity contribution < 1.29 is 22.9 Å². The highest BCUT2D eigenvalue weighted by Crippen LogP contribution is 2.35. The topological polar surface area (TPSA) is 89.5 Å². The number of carbonyl (C=O) groups is 1. The summed E-state index contributed by atoms with van der Waals surface area (Å²) in [6.45, 7) is 3.26. The van der Waals surface area contributed by atoms with Crippen LogP contribution >= 0.6 is 0 Å². The fourth-order valence-corrected chi connectivity index (χ4v) is 3.05. The van der Waals surface area contributed by atoms with E-state index in [9.17, 15) is 28.1 Å². The van der Waals surface area contributed by atoms with Gasteiger partial charge in [-0.15, -0.1) is 0 Å². The number of primary amides is 1. The normalized spacial score (nSPS) is 18.8. The molecule has 0 saturated carbocycles. The van der Waals surface area contributed by atoms with Gasteiger partial charge in [-0.25, -0.2) is 0 Å². The molecule has 1 saturated heterocycles. The summed E-state index contributed by atoms with van der Waals surface area (Å²) in [6.07, 6.45) is -2.70. The van der Waals surface area contributed by atoms with Crippen LogP contribution in [0.1, 0.15) is 41.3 Å². The Hall–Kier alpha value is -2.16. The summed E-state index contributed by atoms with van der Waals surface area (Å²) in [5.74, 6) is -1.10. The van der Waals surface area contributed by atoms with Crippen LogP contribution in [0, 0.1) is 10.1 Å². The molecule has 0 aliphatic carbocycles. The number of nitro groups is 1. The summed E-state index contributed by atoms with van der Waals surface area (Å²) in [6, 6.07) is 1.36. The molecule has 24 heavy (non-hydrogen) atoms. The number of hydrogen-bond acceptors (Lipinski definition) is 4. The molecule has 1 aromatic carbocycles. The predicted molar refractivity (Wildman–Crippen MR) is 80.6 cm³/mol. The third-order valence-corrected chi connectivity index (χ3v) is 4.36. The van der Waals surface area contributed by atoms with Crippen LogP contribution in [0.5, 0.6) is 0 Å². The van der Waals surface area contributed by atoms with Crippen LogP contribution in [-0.4, -0.2) is 34.9 Å². The third kappa shape index (κ3) is 3.84. The minimum absolute atomic E-state index is 0.0420. The number of hydrogen-bond donors (Lipinski definition) is 1. The van der Waals surface area contributed by atoms with Crippen molar-refractivity contribution in [2.45, 2.75) is 38.4 Å². The molecule has 6 nitrogen and oxygen atoms in total.